The van der Waals surface area contributed by atoms with E-state index in [2.05, 4.69) is 22.0 Å². The molecule has 2 aromatic carbocycles. The van der Waals surface area contributed by atoms with Gasteiger partial charge < -0.3 is 9.72 Å². The van der Waals surface area contributed by atoms with Gasteiger partial charge in [0.1, 0.15) is 5.75 Å². The van der Waals surface area contributed by atoms with Crippen molar-refractivity contribution in [3.8, 4) is 5.75 Å². The fraction of sp³-hybridized carbons (Fsp3) is 0.273. The highest BCUT2D eigenvalue weighted by Crippen LogP contribution is 2.32. The molecule has 2 aliphatic rings. The molecule has 3 aromatic rings. The number of rotatable bonds is 3. The third-order valence-corrected chi connectivity index (χ3v) is 5.79. The molecule has 0 bridgehead atoms. The molecule has 0 aliphatic carbocycles. The van der Waals surface area contributed by atoms with Crippen molar-refractivity contribution in [1.29, 1.82) is 0 Å². The van der Waals surface area contributed by atoms with E-state index in [1.165, 1.54) is 15.8 Å². The summed E-state index contributed by atoms with van der Waals surface area (Å²) in [7, 11) is 1.57. The Kier molecular flexibility index (Phi) is 3.94. The molecule has 1 saturated heterocycles. The smallest absolute Gasteiger partial charge is 0.251 e. The molecule has 142 valence electrons. The Morgan fingerprint density at radius 2 is 1.96 bits per heavy atom. The second-order valence-electron chi connectivity index (χ2n) is 7.34. The zero-order valence-electron chi connectivity index (χ0n) is 15.6. The summed E-state index contributed by atoms with van der Waals surface area (Å²) in [5, 5.41) is 1.25. The van der Waals surface area contributed by atoms with Crippen LogP contribution in [0.1, 0.15) is 17.7 Å². The lowest BCUT2D eigenvalue weighted by Gasteiger charge is -2.30. The van der Waals surface area contributed by atoms with Crippen molar-refractivity contribution in [2.24, 2.45) is 0 Å². The summed E-state index contributed by atoms with van der Waals surface area (Å²) < 4.78 is 5.23. The maximum Gasteiger partial charge on any atom is 0.251 e. The first-order valence-electron chi connectivity index (χ1n) is 9.49. The molecule has 5 rings (SSSR count). The van der Waals surface area contributed by atoms with Crippen LogP contribution < -0.4 is 9.64 Å². The Morgan fingerprint density at radius 1 is 1.11 bits per heavy atom. The van der Waals surface area contributed by atoms with Crippen LogP contribution >= 0.6 is 0 Å². The topological polar surface area (TPSA) is 65.6 Å². The van der Waals surface area contributed by atoms with Crippen molar-refractivity contribution < 1.29 is 14.3 Å². The Morgan fingerprint density at radius 3 is 2.82 bits per heavy atom. The molecule has 1 N–H and O–H groups in total. The first-order chi connectivity index (χ1) is 13.7. The number of aromatic amines is 1. The minimum Gasteiger partial charge on any atom is -0.497 e. The molecule has 6 heteroatoms. The average Bonchev–Trinajstić information content (AvgIpc) is 3.24. The fourth-order valence-electron chi connectivity index (χ4n) is 4.40. The van der Waals surface area contributed by atoms with Gasteiger partial charge in [-0.3, -0.25) is 14.5 Å². The van der Waals surface area contributed by atoms with Crippen LogP contribution in [0.15, 0.2) is 48.5 Å². The summed E-state index contributed by atoms with van der Waals surface area (Å²) in [5.41, 5.74) is 4.17. The molecule has 0 radical (unpaired) electrons. The minimum absolute atomic E-state index is 0.155. The first-order valence-corrected chi connectivity index (χ1v) is 9.49. The molecule has 0 saturated carbocycles. The van der Waals surface area contributed by atoms with Gasteiger partial charge in [0.15, 0.2) is 0 Å². The summed E-state index contributed by atoms with van der Waals surface area (Å²) in [6, 6.07) is 15.0. The van der Waals surface area contributed by atoms with Crippen LogP contribution in [-0.4, -0.2) is 41.4 Å². The third kappa shape index (κ3) is 2.60. The van der Waals surface area contributed by atoms with Gasteiger partial charge in [-0.25, -0.2) is 4.90 Å². The normalized spacial score (nSPS) is 20.0. The van der Waals surface area contributed by atoms with Gasteiger partial charge in [0, 0.05) is 35.8 Å². The van der Waals surface area contributed by atoms with Gasteiger partial charge in [0.05, 0.1) is 25.3 Å². The molecular formula is C22H21N3O3. The van der Waals surface area contributed by atoms with Gasteiger partial charge in [0.2, 0.25) is 5.91 Å². The maximum atomic E-state index is 13.1. The summed E-state index contributed by atoms with van der Waals surface area (Å²) >= 11 is 0. The Hall–Kier alpha value is -3.12. The van der Waals surface area contributed by atoms with Crippen LogP contribution in [0.4, 0.5) is 5.69 Å². The minimum atomic E-state index is -0.418. The van der Waals surface area contributed by atoms with Crippen LogP contribution in [0.2, 0.25) is 0 Å². The zero-order chi connectivity index (χ0) is 19.3. The number of para-hydroxylation sites is 1. The van der Waals surface area contributed by atoms with Crippen LogP contribution in [0, 0.1) is 0 Å². The van der Waals surface area contributed by atoms with Gasteiger partial charge in [-0.1, -0.05) is 24.3 Å². The van der Waals surface area contributed by atoms with Gasteiger partial charge in [-0.05, 0) is 30.2 Å². The van der Waals surface area contributed by atoms with Crippen molar-refractivity contribution in [3.05, 3.63) is 59.8 Å². The Bertz CT molecular complexity index is 1090. The van der Waals surface area contributed by atoms with E-state index in [9.17, 15) is 9.59 Å². The number of aromatic nitrogens is 1. The van der Waals surface area contributed by atoms with Crippen LogP contribution in [0.25, 0.3) is 10.9 Å². The SMILES string of the molecule is COc1cccc(N2C(=O)C[C@@H](N3CCc4c([nH]c5ccccc45)C3)C2=O)c1. The highest BCUT2D eigenvalue weighted by molar-refractivity contribution is 6.22. The lowest BCUT2D eigenvalue weighted by Crippen LogP contribution is -2.44. The largest absolute Gasteiger partial charge is 0.497 e. The lowest BCUT2D eigenvalue weighted by atomic mass is 10.0. The molecule has 3 heterocycles. The summed E-state index contributed by atoms with van der Waals surface area (Å²) in [6.07, 6.45) is 1.09. The number of carbonyl (C=O) groups is 2. The average molecular weight is 375 g/mol. The number of nitrogens with zero attached hydrogens (tertiary/aromatic N) is 2. The molecule has 2 amide bonds. The summed E-state index contributed by atoms with van der Waals surface area (Å²) in [4.78, 5) is 32.7. The number of fused-ring (bicyclic) bond motifs is 3. The Balaban J connectivity index is 1.41. The number of hydrogen-bond acceptors (Lipinski definition) is 4. The van der Waals surface area contributed by atoms with E-state index in [-0.39, 0.29) is 18.2 Å². The predicted octanol–water partition coefficient (Wildman–Crippen LogP) is 2.87. The molecule has 2 aliphatic heterocycles. The number of nitrogens with one attached hydrogen (secondary N) is 1. The molecule has 0 unspecified atom stereocenters. The number of H-pyrrole nitrogens is 1. The fourth-order valence-corrected chi connectivity index (χ4v) is 4.40. The van der Waals surface area contributed by atoms with Crippen LogP contribution in [0.3, 0.4) is 0 Å². The van der Waals surface area contributed by atoms with Crippen molar-refractivity contribution in [2.75, 3.05) is 18.6 Å². The Labute approximate surface area is 162 Å². The molecule has 1 atom stereocenters. The van der Waals surface area contributed by atoms with E-state index >= 15 is 0 Å². The van der Waals surface area contributed by atoms with Crippen molar-refractivity contribution in [2.45, 2.75) is 25.4 Å². The van der Waals surface area contributed by atoms with Crippen LogP contribution in [-0.2, 0) is 22.6 Å². The molecular weight excluding hydrogens is 354 g/mol. The number of amides is 2. The first kappa shape index (κ1) is 17.0. The van der Waals surface area contributed by atoms with E-state index in [0.29, 0.717) is 18.0 Å². The van der Waals surface area contributed by atoms with Crippen molar-refractivity contribution >= 4 is 28.4 Å². The summed E-state index contributed by atoms with van der Waals surface area (Å²) in [6.45, 7) is 1.42. The lowest BCUT2D eigenvalue weighted by molar-refractivity contribution is -0.123. The predicted molar refractivity (Wildman–Crippen MR) is 106 cm³/mol. The molecule has 28 heavy (non-hydrogen) atoms. The highest BCUT2D eigenvalue weighted by Gasteiger charge is 2.43. The second-order valence-corrected chi connectivity index (χ2v) is 7.34. The number of methoxy groups -OCH3 is 1. The van der Waals surface area contributed by atoms with Gasteiger partial charge in [-0.15, -0.1) is 0 Å². The standard InChI is InChI=1S/C22H21N3O3/c1-28-15-6-4-5-14(11-15)25-21(26)12-20(22(25)27)24-10-9-17-16-7-2-3-8-18(16)23-19(17)13-24/h2-8,11,20,23H,9-10,12-13H2,1H3/t20-/m1/s1. The van der Waals surface area contributed by atoms with Crippen molar-refractivity contribution in [1.82, 2.24) is 9.88 Å². The quantitative estimate of drug-likeness (QED) is 0.715. The third-order valence-electron chi connectivity index (χ3n) is 5.79. The van der Waals surface area contributed by atoms with Crippen molar-refractivity contribution in [3.63, 3.8) is 0 Å². The van der Waals surface area contributed by atoms with Gasteiger partial charge in [0.25, 0.3) is 5.91 Å². The van der Waals surface area contributed by atoms with E-state index in [1.54, 1.807) is 31.4 Å². The highest BCUT2D eigenvalue weighted by atomic mass is 16.5. The molecule has 1 fully saturated rings. The van der Waals surface area contributed by atoms with E-state index in [4.69, 9.17) is 4.74 Å². The van der Waals surface area contributed by atoms with Gasteiger partial charge >= 0.3 is 0 Å². The number of hydrogen-bond donors (Lipinski definition) is 1. The van der Waals surface area contributed by atoms with Gasteiger partial charge in [-0.2, -0.15) is 0 Å². The molecule has 6 nitrogen and oxygen atoms in total. The van der Waals surface area contributed by atoms with Crippen LogP contribution in [0.5, 0.6) is 5.75 Å². The maximum absolute atomic E-state index is 13.1. The molecule has 1 aromatic heterocycles. The zero-order valence-corrected chi connectivity index (χ0v) is 15.6. The monoisotopic (exact) mass is 375 g/mol. The number of benzene rings is 2. The van der Waals surface area contributed by atoms with E-state index < -0.39 is 6.04 Å². The van der Waals surface area contributed by atoms with E-state index in [1.807, 2.05) is 12.1 Å². The molecule has 0 spiro atoms. The number of anilines is 1. The summed E-state index contributed by atoms with van der Waals surface area (Å²) in [5.74, 6) is 0.311. The van der Waals surface area contributed by atoms with E-state index in [0.717, 1.165) is 24.2 Å². The number of carbonyl (C=O) groups excluding carboxylic acids is 2. The second kappa shape index (κ2) is 6.49. The number of imide groups is 1. The number of ether oxygens (including phenoxy) is 1.